The molecule has 5 heteroatoms. The van der Waals surface area contributed by atoms with E-state index in [1.807, 2.05) is 20.8 Å². The zero-order chi connectivity index (χ0) is 13.9. The van der Waals surface area contributed by atoms with Crippen LogP contribution in [0.3, 0.4) is 0 Å². The largest absolute Gasteiger partial charge is 0.397 e. The Labute approximate surface area is 112 Å². The first-order chi connectivity index (χ1) is 8.27. The molecule has 1 heterocycles. The molecule has 1 aromatic rings. The third kappa shape index (κ3) is 3.23. The molecule has 0 saturated heterocycles. The lowest BCUT2D eigenvalue weighted by Crippen LogP contribution is -2.45. The van der Waals surface area contributed by atoms with Crippen LogP contribution in [0.5, 0.6) is 0 Å². The van der Waals surface area contributed by atoms with Crippen molar-refractivity contribution in [2.75, 3.05) is 12.3 Å². The van der Waals surface area contributed by atoms with Crippen molar-refractivity contribution in [3.05, 3.63) is 35.6 Å². The van der Waals surface area contributed by atoms with Gasteiger partial charge in [-0.15, -0.1) is 6.58 Å². The molecule has 1 aromatic heterocycles. The Hall–Kier alpha value is -1.55. The summed E-state index contributed by atoms with van der Waals surface area (Å²) in [6, 6.07) is 1.54. The number of halogens is 1. The van der Waals surface area contributed by atoms with Gasteiger partial charge in [0.25, 0.3) is 5.91 Å². The van der Waals surface area contributed by atoms with E-state index in [0.717, 1.165) is 0 Å². The molecule has 0 atom stereocenters. The van der Waals surface area contributed by atoms with Crippen molar-refractivity contribution in [2.45, 2.75) is 26.3 Å². The minimum atomic E-state index is -0.334. The van der Waals surface area contributed by atoms with Crippen molar-refractivity contribution in [1.82, 2.24) is 9.88 Å². The lowest BCUT2D eigenvalue weighted by Gasteiger charge is -2.35. The molecule has 0 bridgehead atoms. The number of pyridine rings is 1. The van der Waals surface area contributed by atoms with Crippen LogP contribution in [-0.4, -0.2) is 27.9 Å². The monoisotopic (exact) mass is 267 g/mol. The summed E-state index contributed by atoms with van der Waals surface area (Å²) in [5.41, 5.74) is 6.03. The van der Waals surface area contributed by atoms with Crippen LogP contribution in [0.25, 0.3) is 0 Å². The lowest BCUT2D eigenvalue weighted by atomic mass is 10.0. The molecular formula is C13H18ClN3O. The van der Waals surface area contributed by atoms with E-state index in [1.165, 1.54) is 6.20 Å². The molecule has 0 aliphatic carbocycles. The predicted octanol–water partition coefficient (Wildman–Crippen LogP) is 2.74. The number of carbonyl (C=O) groups excluding carboxylic acids is 1. The number of hydrogen-bond acceptors (Lipinski definition) is 3. The topological polar surface area (TPSA) is 59.2 Å². The Morgan fingerprint density at radius 2 is 2.22 bits per heavy atom. The molecule has 0 spiro atoms. The Morgan fingerprint density at radius 1 is 1.61 bits per heavy atom. The standard InChI is InChI=1S/C13H18ClN3O/c1-5-6-17(13(2,3)4)12(18)10-7-9(15)8-16-11(10)14/h5,7-8H,1,6,15H2,2-4H3. The quantitative estimate of drug-likeness (QED) is 0.677. The second kappa shape index (κ2) is 5.40. The van der Waals surface area contributed by atoms with E-state index in [4.69, 9.17) is 17.3 Å². The Bertz CT molecular complexity index is 466. The molecule has 2 N–H and O–H groups in total. The summed E-state index contributed by atoms with van der Waals surface area (Å²) in [5.74, 6) is -0.202. The Morgan fingerprint density at radius 3 is 2.72 bits per heavy atom. The molecule has 0 fully saturated rings. The van der Waals surface area contributed by atoms with E-state index in [-0.39, 0.29) is 16.6 Å². The number of nitrogens with zero attached hydrogens (tertiary/aromatic N) is 2. The number of aromatic nitrogens is 1. The first kappa shape index (κ1) is 14.5. The van der Waals surface area contributed by atoms with Gasteiger partial charge >= 0.3 is 0 Å². The predicted molar refractivity (Wildman–Crippen MR) is 74.6 cm³/mol. The van der Waals surface area contributed by atoms with Gasteiger partial charge in [0, 0.05) is 12.1 Å². The van der Waals surface area contributed by atoms with E-state index in [9.17, 15) is 4.79 Å². The van der Waals surface area contributed by atoms with Crippen LogP contribution in [0, 0.1) is 0 Å². The zero-order valence-electron chi connectivity index (χ0n) is 10.9. The number of nitrogen functional groups attached to an aromatic ring is 1. The molecule has 0 radical (unpaired) electrons. The maximum absolute atomic E-state index is 12.5. The first-order valence-corrected chi connectivity index (χ1v) is 5.99. The number of nitrogens with two attached hydrogens (primary N) is 1. The second-order valence-electron chi connectivity index (χ2n) is 4.98. The Kier molecular flexibility index (Phi) is 4.35. The fraction of sp³-hybridized carbons (Fsp3) is 0.385. The van der Waals surface area contributed by atoms with Gasteiger partial charge in [0.1, 0.15) is 5.15 Å². The highest BCUT2D eigenvalue weighted by atomic mass is 35.5. The van der Waals surface area contributed by atoms with Crippen LogP contribution in [-0.2, 0) is 0 Å². The molecule has 1 amide bonds. The first-order valence-electron chi connectivity index (χ1n) is 5.61. The van der Waals surface area contributed by atoms with Gasteiger partial charge in [0.15, 0.2) is 0 Å². The number of amides is 1. The Balaban J connectivity index is 3.17. The molecule has 0 aromatic carbocycles. The highest BCUT2D eigenvalue weighted by Gasteiger charge is 2.28. The van der Waals surface area contributed by atoms with Crippen molar-refractivity contribution >= 4 is 23.2 Å². The minimum absolute atomic E-state index is 0.160. The van der Waals surface area contributed by atoms with E-state index in [1.54, 1.807) is 17.0 Å². The highest BCUT2D eigenvalue weighted by Crippen LogP contribution is 2.22. The van der Waals surface area contributed by atoms with Crippen LogP contribution < -0.4 is 5.73 Å². The van der Waals surface area contributed by atoms with Gasteiger partial charge in [-0.3, -0.25) is 4.79 Å². The fourth-order valence-corrected chi connectivity index (χ4v) is 1.73. The lowest BCUT2D eigenvalue weighted by molar-refractivity contribution is 0.0616. The molecule has 0 unspecified atom stereocenters. The molecular weight excluding hydrogens is 250 g/mol. The van der Waals surface area contributed by atoms with Crippen molar-refractivity contribution in [2.24, 2.45) is 0 Å². The van der Waals surface area contributed by atoms with Gasteiger partial charge in [-0.05, 0) is 26.8 Å². The van der Waals surface area contributed by atoms with Crippen LogP contribution in [0.15, 0.2) is 24.9 Å². The van der Waals surface area contributed by atoms with Crippen molar-refractivity contribution in [3.63, 3.8) is 0 Å². The molecule has 18 heavy (non-hydrogen) atoms. The average molecular weight is 268 g/mol. The molecule has 0 saturated carbocycles. The SMILES string of the molecule is C=CCN(C(=O)c1cc(N)cnc1Cl)C(C)(C)C. The van der Waals surface area contributed by atoms with Crippen molar-refractivity contribution in [3.8, 4) is 0 Å². The average Bonchev–Trinajstić information content (AvgIpc) is 2.27. The van der Waals surface area contributed by atoms with Crippen LogP contribution in [0.1, 0.15) is 31.1 Å². The van der Waals surface area contributed by atoms with Crippen molar-refractivity contribution in [1.29, 1.82) is 0 Å². The number of hydrogen-bond donors (Lipinski definition) is 1. The van der Waals surface area contributed by atoms with Crippen LogP contribution in [0.2, 0.25) is 5.15 Å². The summed E-state index contributed by atoms with van der Waals surface area (Å²) < 4.78 is 0. The second-order valence-corrected chi connectivity index (χ2v) is 5.34. The van der Waals surface area contributed by atoms with Gasteiger partial charge in [0.05, 0.1) is 17.4 Å². The minimum Gasteiger partial charge on any atom is -0.397 e. The third-order valence-electron chi connectivity index (χ3n) is 2.46. The van der Waals surface area contributed by atoms with E-state index in [2.05, 4.69) is 11.6 Å². The maximum atomic E-state index is 12.5. The van der Waals surface area contributed by atoms with E-state index in [0.29, 0.717) is 17.8 Å². The molecule has 4 nitrogen and oxygen atoms in total. The summed E-state index contributed by atoms with van der Waals surface area (Å²) >= 11 is 5.95. The number of rotatable bonds is 3. The molecule has 98 valence electrons. The van der Waals surface area contributed by atoms with E-state index >= 15 is 0 Å². The van der Waals surface area contributed by atoms with Gasteiger partial charge in [-0.2, -0.15) is 0 Å². The summed E-state index contributed by atoms with van der Waals surface area (Å²) in [6.45, 7) is 9.94. The molecule has 0 aliphatic rings. The summed E-state index contributed by atoms with van der Waals surface area (Å²) in [5, 5.41) is 0.160. The van der Waals surface area contributed by atoms with Gasteiger partial charge in [-0.25, -0.2) is 4.98 Å². The smallest absolute Gasteiger partial charge is 0.257 e. The summed E-state index contributed by atoms with van der Waals surface area (Å²) in [6.07, 6.45) is 3.10. The molecule has 0 aliphatic heterocycles. The molecule has 1 rings (SSSR count). The fourth-order valence-electron chi connectivity index (χ4n) is 1.55. The van der Waals surface area contributed by atoms with E-state index < -0.39 is 0 Å². The van der Waals surface area contributed by atoms with Crippen LogP contribution >= 0.6 is 11.6 Å². The maximum Gasteiger partial charge on any atom is 0.257 e. The highest BCUT2D eigenvalue weighted by molar-refractivity contribution is 6.32. The van der Waals surface area contributed by atoms with Gasteiger partial charge in [0.2, 0.25) is 0 Å². The number of carbonyl (C=O) groups is 1. The summed E-state index contributed by atoms with van der Waals surface area (Å²) in [7, 11) is 0. The third-order valence-corrected chi connectivity index (χ3v) is 2.76. The van der Waals surface area contributed by atoms with Gasteiger partial charge < -0.3 is 10.6 Å². The van der Waals surface area contributed by atoms with Crippen LogP contribution in [0.4, 0.5) is 5.69 Å². The summed E-state index contributed by atoms with van der Waals surface area (Å²) in [4.78, 5) is 18.0. The zero-order valence-corrected chi connectivity index (χ0v) is 11.7. The normalized spacial score (nSPS) is 11.1. The van der Waals surface area contributed by atoms with Gasteiger partial charge in [-0.1, -0.05) is 17.7 Å². The number of anilines is 1. The van der Waals surface area contributed by atoms with Crippen molar-refractivity contribution < 1.29 is 4.79 Å².